The van der Waals surface area contributed by atoms with Gasteiger partial charge in [-0.1, -0.05) is 46.3 Å². The molecule has 1 heterocycles. The lowest BCUT2D eigenvalue weighted by atomic mass is 9.48. The van der Waals surface area contributed by atoms with E-state index in [9.17, 15) is 4.79 Å². The van der Waals surface area contributed by atoms with Gasteiger partial charge in [0.15, 0.2) is 0 Å². The number of halogens is 1. The van der Waals surface area contributed by atoms with Crippen LogP contribution in [0.25, 0.3) is 0 Å². The maximum atomic E-state index is 13.3. The van der Waals surface area contributed by atoms with Crippen molar-refractivity contribution >= 4 is 21.8 Å². The number of hydrogen-bond donors (Lipinski definition) is 0. The Balaban J connectivity index is 1.19. The molecule has 5 aliphatic rings. The van der Waals surface area contributed by atoms with Crippen LogP contribution in [-0.4, -0.2) is 46.2 Å². The minimum absolute atomic E-state index is 0.292. The molecule has 2 atom stereocenters. The first-order chi connectivity index (χ1) is 13.5. The first kappa shape index (κ1) is 19.1. The Labute approximate surface area is 178 Å². The van der Waals surface area contributed by atoms with Crippen molar-refractivity contribution in [3.8, 4) is 0 Å². The fraction of sp³-hybridized carbons (Fsp3) is 0.708. The van der Waals surface area contributed by atoms with E-state index in [1.807, 2.05) is 0 Å². The van der Waals surface area contributed by atoms with Crippen LogP contribution < -0.4 is 0 Å². The summed E-state index contributed by atoms with van der Waals surface area (Å²) in [5, 5.41) is 0. The Bertz CT molecular complexity index is 707. The molecule has 0 N–H and O–H groups in total. The van der Waals surface area contributed by atoms with Gasteiger partial charge in [-0.3, -0.25) is 9.69 Å². The first-order valence-corrected chi connectivity index (χ1v) is 12.0. The molecular formula is C24H33BrN2O. The van der Waals surface area contributed by atoms with Gasteiger partial charge in [0.2, 0.25) is 5.91 Å². The van der Waals surface area contributed by atoms with Crippen molar-refractivity contribution in [2.45, 2.75) is 62.2 Å². The molecule has 1 saturated heterocycles. The molecule has 4 aliphatic carbocycles. The quantitative estimate of drug-likeness (QED) is 0.619. The molecule has 1 aliphatic heterocycles. The van der Waals surface area contributed by atoms with Crippen molar-refractivity contribution in [1.82, 2.24) is 9.80 Å². The van der Waals surface area contributed by atoms with E-state index in [1.54, 1.807) is 0 Å². The number of hydrogen-bond acceptors (Lipinski definition) is 2. The van der Waals surface area contributed by atoms with Gasteiger partial charge < -0.3 is 4.90 Å². The molecule has 0 aromatic heterocycles. The van der Waals surface area contributed by atoms with Crippen molar-refractivity contribution in [3.63, 3.8) is 0 Å². The average Bonchev–Trinajstić information content (AvgIpc) is 2.86. The van der Waals surface area contributed by atoms with Gasteiger partial charge in [0, 0.05) is 43.5 Å². The molecule has 4 saturated carbocycles. The Hall–Kier alpha value is -0.870. The number of rotatable bonds is 4. The molecule has 2 unspecified atom stereocenters. The minimum atomic E-state index is 0.292. The molecule has 1 aromatic rings. The summed E-state index contributed by atoms with van der Waals surface area (Å²) in [6.07, 6.45) is 9.84. The summed E-state index contributed by atoms with van der Waals surface area (Å²) in [5.41, 5.74) is 1.67. The summed E-state index contributed by atoms with van der Waals surface area (Å²) in [6, 6.07) is 10.7. The Morgan fingerprint density at radius 2 is 1.75 bits per heavy atom. The van der Waals surface area contributed by atoms with Crippen LogP contribution in [0.2, 0.25) is 0 Å². The van der Waals surface area contributed by atoms with Gasteiger partial charge in [-0.2, -0.15) is 0 Å². The smallest absolute Gasteiger partial charge is 0.223 e. The Morgan fingerprint density at radius 3 is 2.46 bits per heavy atom. The zero-order valence-electron chi connectivity index (χ0n) is 16.9. The molecule has 3 nitrogen and oxygen atoms in total. The molecule has 1 amide bonds. The molecular weight excluding hydrogens is 412 g/mol. The SMILES string of the molecule is O=C(CC12CC3CC(CC(Br)(C3)C1)C2)N1CCCN(Cc2ccccc2)CC1. The van der Waals surface area contributed by atoms with Crippen LogP contribution in [0.5, 0.6) is 0 Å². The topological polar surface area (TPSA) is 23.6 Å². The molecule has 0 spiro atoms. The van der Waals surface area contributed by atoms with Crippen LogP contribution in [0, 0.1) is 17.3 Å². The van der Waals surface area contributed by atoms with E-state index >= 15 is 0 Å². The van der Waals surface area contributed by atoms with Crippen molar-refractivity contribution in [2.24, 2.45) is 17.3 Å². The summed E-state index contributed by atoms with van der Waals surface area (Å²) < 4.78 is 0.350. The number of carbonyl (C=O) groups is 1. The van der Waals surface area contributed by atoms with Crippen LogP contribution in [0.15, 0.2) is 30.3 Å². The molecule has 5 fully saturated rings. The lowest BCUT2D eigenvalue weighted by Crippen LogP contribution is -2.54. The zero-order chi connectivity index (χ0) is 19.2. The number of benzene rings is 1. The maximum Gasteiger partial charge on any atom is 0.223 e. The van der Waals surface area contributed by atoms with Crippen LogP contribution in [-0.2, 0) is 11.3 Å². The van der Waals surface area contributed by atoms with Gasteiger partial charge in [0.1, 0.15) is 0 Å². The van der Waals surface area contributed by atoms with E-state index in [-0.39, 0.29) is 0 Å². The van der Waals surface area contributed by atoms with Crippen LogP contribution in [0.3, 0.4) is 0 Å². The zero-order valence-corrected chi connectivity index (χ0v) is 18.5. The van der Waals surface area contributed by atoms with Gasteiger partial charge >= 0.3 is 0 Å². The molecule has 6 rings (SSSR count). The summed E-state index contributed by atoms with van der Waals surface area (Å²) >= 11 is 4.10. The van der Waals surface area contributed by atoms with E-state index < -0.39 is 0 Å². The third-order valence-corrected chi connectivity index (χ3v) is 8.76. The van der Waals surface area contributed by atoms with Gasteiger partial charge in [-0.15, -0.1) is 0 Å². The van der Waals surface area contributed by atoms with Crippen molar-refractivity contribution in [1.29, 1.82) is 0 Å². The second kappa shape index (κ2) is 7.43. The Morgan fingerprint density at radius 1 is 1.00 bits per heavy atom. The molecule has 4 bridgehead atoms. The largest absolute Gasteiger partial charge is 0.341 e. The van der Waals surface area contributed by atoms with Crippen molar-refractivity contribution < 1.29 is 4.79 Å². The van der Waals surface area contributed by atoms with Gasteiger partial charge in [-0.05, 0) is 67.8 Å². The predicted molar refractivity (Wildman–Crippen MR) is 116 cm³/mol. The summed E-state index contributed by atoms with van der Waals surface area (Å²) in [4.78, 5) is 18.0. The maximum absolute atomic E-state index is 13.3. The molecule has 152 valence electrons. The second-order valence-corrected chi connectivity index (χ2v) is 12.0. The van der Waals surface area contributed by atoms with Gasteiger partial charge in [-0.25, -0.2) is 0 Å². The van der Waals surface area contributed by atoms with E-state index in [0.717, 1.165) is 57.4 Å². The van der Waals surface area contributed by atoms with Crippen LogP contribution >= 0.6 is 15.9 Å². The fourth-order valence-electron chi connectivity index (χ4n) is 7.20. The van der Waals surface area contributed by atoms with E-state index in [0.29, 0.717) is 15.6 Å². The lowest BCUT2D eigenvalue weighted by molar-refractivity contribution is -0.138. The highest BCUT2D eigenvalue weighted by Gasteiger charge is 2.57. The summed E-state index contributed by atoms with van der Waals surface area (Å²) in [6.45, 7) is 4.93. The van der Waals surface area contributed by atoms with Crippen LogP contribution in [0.4, 0.5) is 0 Å². The monoisotopic (exact) mass is 444 g/mol. The van der Waals surface area contributed by atoms with E-state index in [2.05, 4.69) is 56.1 Å². The minimum Gasteiger partial charge on any atom is -0.341 e. The normalized spacial score (nSPS) is 37.8. The number of nitrogens with zero attached hydrogens (tertiary/aromatic N) is 2. The van der Waals surface area contributed by atoms with Gasteiger partial charge in [0.25, 0.3) is 0 Å². The van der Waals surface area contributed by atoms with Gasteiger partial charge in [0.05, 0.1) is 0 Å². The van der Waals surface area contributed by atoms with Crippen molar-refractivity contribution in [2.75, 3.05) is 26.2 Å². The number of carbonyl (C=O) groups excluding carboxylic acids is 1. The number of alkyl halides is 1. The van der Waals surface area contributed by atoms with Crippen molar-refractivity contribution in [3.05, 3.63) is 35.9 Å². The third-order valence-electron chi connectivity index (χ3n) is 7.83. The highest BCUT2D eigenvalue weighted by molar-refractivity contribution is 9.10. The summed E-state index contributed by atoms with van der Waals surface area (Å²) in [7, 11) is 0. The lowest BCUT2D eigenvalue weighted by Gasteiger charge is -2.60. The highest BCUT2D eigenvalue weighted by atomic mass is 79.9. The molecule has 28 heavy (non-hydrogen) atoms. The van der Waals surface area contributed by atoms with Crippen LogP contribution in [0.1, 0.15) is 56.9 Å². The van der Waals surface area contributed by atoms with E-state index in [4.69, 9.17) is 0 Å². The average molecular weight is 445 g/mol. The highest BCUT2D eigenvalue weighted by Crippen LogP contribution is 2.65. The fourth-order valence-corrected chi connectivity index (χ4v) is 8.71. The predicted octanol–water partition coefficient (Wildman–Crippen LogP) is 4.84. The number of amides is 1. The summed E-state index contributed by atoms with van der Waals surface area (Å²) in [5.74, 6) is 2.15. The standard InChI is InChI=1S/C24H33BrN2O/c25-24-14-20-11-21(15-24)13-23(12-20,18-24)16-22(28)27-8-4-7-26(9-10-27)17-19-5-2-1-3-6-19/h1-3,5-6,20-21H,4,7-18H2. The molecule has 0 radical (unpaired) electrons. The Kier molecular flexibility index (Phi) is 5.07. The first-order valence-electron chi connectivity index (χ1n) is 11.2. The second-order valence-electron chi connectivity index (χ2n) is 10.3. The molecule has 1 aromatic carbocycles. The van der Waals surface area contributed by atoms with E-state index in [1.165, 1.54) is 44.1 Å². The third kappa shape index (κ3) is 3.92. The molecule has 4 heteroatoms.